The van der Waals surface area contributed by atoms with Crippen molar-refractivity contribution in [2.45, 2.75) is 25.8 Å². The number of aromatic nitrogens is 4. The van der Waals surface area contributed by atoms with Crippen LogP contribution in [0.1, 0.15) is 24.2 Å². The van der Waals surface area contributed by atoms with Crippen LogP contribution in [0.3, 0.4) is 0 Å². The average Bonchev–Trinajstić information content (AvgIpc) is 3.22. The number of H-pyrrole nitrogens is 1. The van der Waals surface area contributed by atoms with Crippen LogP contribution in [0.5, 0.6) is 0 Å². The van der Waals surface area contributed by atoms with Gasteiger partial charge in [0.25, 0.3) is 0 Å². The molecule has 5 rings (SSSR count). The highest BCUT2D eigenvalue weighted by molar-refractivity contribution is 5.86. The molecule has 2 N–H and O–H groups in total. The number of imidazole rings is 1. The second-order valence-corrected chi connectivity index (χ2v) is 8.45. The van der Waals surface area contributed by atoms with Crippen molar-refractivity contribution in [1.82, 2.24) is 25.3 Å². The number of nitriles is 1. The van der Waals surface area contributed by atoms with Crippen molar-refractivity contribution in [2.24, 2.45) is 0 Å². The second-order valence-electron chi connectivity index (χ2n) is 8.45. The van der Waals surface area contributed by atoms with Gasteiger partial charge in [0.2, 0.25) is 0 Å². The molecule has 3 heterocycles. The predicted molar refractivity (Wildman–Crippen MR) is 126 cm³/mol. The Kier molecular flexibility index (Phi) is 5.67. The third kappa shape index (κ3) is 3.97. The van der Waals surface area contributed by atoms with Gasteiger partial charge in [-0.25, -0.2) is 23.7 Å². The van der Waals surface area contributed by atoms with Gasteiger partial charge < -0.3 is 15.2 Å². The molecular formula is C25H23F2N7. The van der Waals surface area contributed by atoms with Gasteiger partial charge in [0.05, 0.1) is 34.2 Å². The number of piperidine rings is 1. The molecule has 4 aromatic rings. The lowest BCUT2D eigenvalue weighted by Crippen LogP contribution is -2.41. The topological polar surface area (TPSA) is 93.5 Å². The lowest BCUT2D eigenvalue weighted by molar-refractivity contribution is 0.440. The van der Waals surface area contributed by atoms with E-state index in [0.717, 1.165) is 25.9 Å². The van der Waals surface area contributed by atoms with E-state index >= 15 is 4.39 Å². The number of hydrogen-bond donors (Lipinski definition) is 2. The van der Waals surface area contributed by atoms with Crippen LogP contribution in [-0.4, -0.2) is 46.1 Å². The Hall–Kier alpha value is -3.90. The molecule has 34 heavy (non-hydrogen) atoms. The zero-order chi connectivity index (χ0) is 23.8. The van der Waals surface area contributed by atoms with Gasteiger partial charge in [0, 0.05) is 36.3 Å². The standard InChI is InChI=1S/C25H23F2N7/c1-14-31-21-10-18(20(27)11-22(21)32-14)25-24(15-3-4-16(12-28)19(26)9-15)33-23(13-30-25)34-7-5-17(29-2)6-8-34/h3-4,9-11,13,17,29H,5-8H2,1-2H3,(H,31,32). The van der Waals surface area contributed by atoms with Gasteiger partial charge in [-0.3, -0.25) is 0 Å². The third-order valence-corrected chi connectivity index (χ3v) is 6.29. The van der Waals surface area contributed by atoms with E-state index < -0.39 is 11.6 Å². The number of rotatable bonds is 4. The molecule has 0 atom stereocenters. The summed E-state index contributed by atoms with van der Waals surface area (Å²) >= 11 is 0. The van der Waals surface area contributed by atoms with Gasteiger partial charge >= 0.3 is 0 Å². The molecule has 1 aliphatic heterocycles. The molecule has 0 amide bonds. The van der Waals surface area contributed by atoms with Crippen LogP contribution in [0.15, 0.2) is 36.5 Å². The molecule has 172 valence electrons. The molecule has 1 aliphatic rings. The molecule has 1 saturated heterocycles. The lowest BCUT2D eigenvalue weighted by atomic mass is 10.0. The number of hydrogen-bond acceptors (Lipinski definition) is 6. The first-order valence-corrected chi connectivity index (χ1v) is 11.1. The summed E-state index contributed by atoms with van der Waals surface area (Å²) in [4.78, 5) is 19.0. The van der Waals surface area contributed by atoms with E-state index in [1.165, 1.54) is 18.2 Å². The number of fused-ring (bicyclic) bond motifs is 1. The maximum Gasteiger partial charge on any atom is 0.147 e. The minimum absolute atomic E-state index is 0.0665. The van der Waals surface area contributed by atoms with Crippen molar-refractivity contribution in [2.75, 3.05) is 25.0 Å². The monoisotopic (exact) mass is 459 g/mol. The summed E-state index contributed by atoms with van der Waals surface area (Å²) in [6.07, 6.45) is 3.56. The zero-order valence-electron chi connectivity index (χ0n) is 18.9. The average molecular weight is 460 g/mol. The van der Waals surface area contributed by atoms with Gasteiger partial charge in [-0.2, -0.15) is 5.26 Å². The van der Waals surface area contributed by atoms with E-state index in [0.29, 0.717) is 40.0 Å². The number of aromatic amines is 1. The molecule has 0 unspecified atom stereocenters. The number of aryl methyl sites for hydroxylation is 1. The van der Waals surface area contributed by atoms with Crippen LogP contribution < -0.4 is 10.2 Å². The molecule has 0 spiro atoms. The molecule has 0 bridgehead atoms. The Labute approximate surface area is 195 Å². The van der Waals surface area contributed by atoms with Crippen LogP contribution in [0.25, 0.3) is 33.5 Å². The minimum Gasteiger partial charge on any atom is -0.355 e. The molecule has 2 aromatic carbocycles. The number of nitrogens with one attached hydrogen (secondary N) is 2. The summed E-state index contributed by atoms with van der Waals surface area (Å²) in [5, 5.41) is 12.4. The van der Waals surface area contributed by atoms with E-state index in [1.807, 2.05) is 13.1 Å². The van der Waals surface area contributed by atoms with Gasteiger partial charge in [0.1, 0.15) is 29.3 Å². The fourth-order valence-electron chi connectivity index (χ4n) is 4.42. The first kappa shape index (κ1) is 21.9. The first-order chi connectivity index (χ1) is 16.5. The van der Waals surface area contributed by atoms with Crippen molar-refractivity contribution in [1.29, 1.82) is 5.26 Å². The molecule has 0 radical (unpaired) electrons. The summed E-state index contributed by atoms with van der Waals surface area (Å²) in [6.45, 7) is 3.40. The fourth-order valence-corrected chi connectivity index (χ4v) is 4.42. The summed E-state index contributed by atoms with van der Waals surface area (Å²) in [5.74, 6) is 0.178. The summed E-state index contributed by atoms with van der Waals surface area (Å²) in [6, 6.07) is 9.55. The highest BCUT2D eigenvalue weighted by atomic mass is 19.1. The Morgan fingerprint density at radius 3 is 2.59 bits per heavy atom. The van der Waals surface area contributed by atoms with Crippen LogP contribution in [-0.2, 0) is 0 Å². The minimum atomic E-state index is -0.660. The molecule has 0 saturated carbocycles. The van der Waals surface area contributed by atoms with Crippen LogP contribution >= 0.6 is 0 Å². The van der Waals surface area contributed by atoms with Gasteiger partial charge in [-0.15, -0.1) is 0 Å². The van der Waals surface area contributed by atoms with E-state index in [4.69, 9.17) is 10.2 Å². The zero-order valence-corrected chi connectivity index (χ0v) is 18.9. The normalized spacial score (nSPS) is 14.5. The highest BCUT2D eigenvalue weighted by Gasteiger charge is 2.23. The van der Waals surface area contributed by atoms with E-state index in [9.17, 15) is 4.39 Å². The molecule has 2 aromatic heterocycles. The largest absolute Gasteiger partial charge is 0.355 e. The quantitative estimate of drug-likeness (QED) is 0.472. The molecular weight excluding hydrogens is 436 g/mol. The number of halogens is 2. The van der Waals surface area contributed by atoms with Crippen LogP contribution in [0.2, 0.25) is 0 Å². The molecule has 1 fully saturated rings. The molecule has 9 heteroatoms. The van der Waals surface area contributed by atoms with Crippen LogP contribution in [0, 0.1) is 29.9 Å². The van der Waals surface area contributed by atoms with E-state index in [-0.39, 0.29) is 16.8 Å². The molecule has 0 aliphatic carbocycles. The fraction of sp³-hybridized carbons (Fsp3) is 0.280. The third-order valence-electron chi connectivity index (χ3n) is 6.29. The maximum atomic E-state index is 15.2. The second kappa shape index (κ2) is 8.80. The van der Waals surface area contributed by atoms with Gasteiger partial charge in [0.15, 0.2) is 0 Å². The number of anilines is 1. The van der Waals surface area contributed by atoms with E-state index in [1.54, 1.807) is 25.3 Å². The van der Waals surface area contributed by atoms with Crippen molar-refractivity contribution in [3.05, 3.63) is 59.6 Å². The van der Waals surface area contributed by atoms with E-state index in [2.05, 4.69) is 25.2 Å². The Morgan fingerprint density at radius 1 is 1.09 bits per heavy atom. The van der Waals surface area contributed by atoms with Crippen molar-refractivity contribution >= 4 is 16.9 Å². The predicted octanol–water partition coefficient (Wildman–Crippen LogP) is 4.33. The first-order valence-electron chi connectivity index (χ1n) is 11.1. The van der Waals surface area contributed by atoms with Crippen molar-refractivity contribution < 1.29 is 8.78 Å². The van der Waals surface area contributed by atoms with Gasteiger partial charge in [-0.1, -0.05) is 6.07 Å². The maximum absolute atomic E-state index is 15.2. The Balaban J connectivity index is 1.65. The van der Waals surface area contributed by atoms with Crippen LogP contribution in [0.4, 0.5) is 14.6 Å². The Bertz CT molecular complexity index is 1420. The SMILES string of the molecule is CNC1CCN(c2cnc(-c3cc4nc(C)[nH]c4cc3F)c(-c3ccc(C#N)c(F)c3)n2)CC1. The molecule has 7 nitrogen and oxygen atoms in total. The van der Waals surface area contributed by atoms with Gasteiger partial charge in [-0.05, 0) is 45.0 Å². The number of benzene rings is 2. The van der Waals surface area contributed by atoms with Crippen molar-refractivity contribution in [3.63, 3.8) is 0 Å². The highest BCUT2D eigenvalue weighted by Crippen LogP contribution is 2.35. The smallest absolute Gasteiger partial charge is 0.147 e. The summed E-state index contributed by atoms with van der Waals surface area (Å²) < 4.78 is 29.7. The Morgan fingerprint density at radius 2 is 1.88 bits per heavy atom. The lowest BCUT2D eigenvalue weighted by Gasteiger charge is -2.32. The number of nitrogens with zero attached hydrogens (tertiary/aromatic N) is 5. The van der Waals surface area contributed by atoms with Crippen molar-refractivity contribution in [3.8, 4) is 28.6 Å². The summed E-state index contributed by atoms with van der Waals surface area (Å²) in [5.41, 5.74) is 2.41. The summed E-state index contributed by atoms with van der Waals surface area (Å²) in [7, 11) is 1.96.